The lowest BCUT2D eigenvalue weighted by Gasteiger charge is -2.11. The van der Waals surface area contributed by atoms with Gasteiger partial charge in [0, 0.05) is 54.7 Å². The van der Waals surface area contributed by atoms with Crippen LogP contribution in [-0.4, -0.2) is 19.5 Å². The van der Waals surface area contributed by atoms with Gasteiger partial charge in [-0.05, 0) is 89.0 Å². The molecule has 0 bridgehead atoms. The van der Waals surface area contributed by atoms with Gasteiger partial charge in [0.05, 0.1) is 11.0 Å². The van der Waals surface area contributed by atoms with E-state index in [9.17, 15) is 0 Å². The second-order valence-electron chi connectivity index (χ2n) is 16.0. The number of nitrogens with zero attached hydrogens (tertiary/aromatic N) is 4. The van der Waals surface area contributed by atoms with E-state index in [-0.39, 0.29) is 0 Å². The molecular formula is C57H34N4O2. The Bertz CT molecular complexity index is 3920. The van der Waals surface area contributed by atoms with Crippen molar-refractivity contribution in [2.75, 3.05) is 0 Å². The van der Waals surface area contributed by atoms with Gasteiger partial charge in [0.1, 0.15) is 22.3 Å². The molecule has 0 radical (unpaired) electrons. The molecule has 13 aromatic rings. The Kier molecular flexibility index (Phi) is 7.80. The zero-order valence-electron chi connectivity index (χ0n) is 33.7. The van der Waals surface area contributed by atoms with Crippen LogP contribution in [0.4, 0.5) is 0 Å². The number of para-hydroxylation sites is 2. The fourth-order valence-electron chi connectivity index (χ4n) is 9.29. The van der Waals surface area contributed by atoms with E-state index in [2.05, 4.69) is 144 Å². The highest BCUT2D eigenvalue weighted by Gasteiger charge is 2.20. The Labute approximate surface area is 361 Å². The molecule has 63 heavy (non-hydrogen) atoms. The van der Waals surface area contributed by atoms with Gasteiger partial charge in [-0.3, -0.25) is 0 Å². The van der Waals surface area contributed by atoms with Gasteiger partial charge in [0.2, 0.25) is 0 Å². The number of furan rings is 2. The summed E-state index contributed by atoms with van der Waals surface area (Å²) in [6.07, 6.45) is 0. The molecule has 0 unspecified atom stereocenters. The van der Waals surface area contributed by atoms with E-state index < -0.39 is 0 Å². The molecule has 9 aromatic carbocycles. The summed E-state index contributed by atoms with van der Waals surface area (Å²) in [7, 11) is 0. The molecule has 0 amide bonds. The number of aromatic nitrogens is 4. The summed E-state index contributed by atoms with van der Waals surface area (Å²) >= 11 is 0. The summed E-state index contributed by atoms with van der Waals surface area (Å²) in [6.45, 7) is 0. The van der Waals surface area contributed by atoms with E-state index in [0.717, 1.165) is 82.9 Å². The SMILES string of the molecule is c1ccc(-c2cccc(-n3c4ccccc4c4cc(-c5ccc6oc7cccc(-c8nc(-c9ccccc9)nc(-c9ccc%10c(c9)oc9ccccc9%10)n8)c7c6c5)ccc43)c2)cc1. The van der Waals surface area contributed by atoms with Crippen LogP contribution in [0.5, 0.6) is 0 Å². The molecular weight excluding hydrogens is 773 g/mol. The highest BCUT2D eigenvalue weighted by atomic mass is 16.3. The number of hydrogen-bond donors (Lipinski definition) is 0. The molecule has 0 fully saturated rings. The maximum absolute atomic E-state index is 6.55. The van der Waals surface area contributed by atoms with Crippen LogP contribution in [0.1, 0.15) is 0 Å². The average Bonchev–Trinajstić information content (AvgIpc) is 4.03. The van der Waals surface area contributed by atoms with Crippen molar-refractivity contribution in [1.29, 1.82) is 0 Å². The van der Waals surface area contributed by atoms with E-state index in [1.807, 2.05) is 66.7 Å². The molecule has 4 heterocycles. The van der Waals surface area contributed by atoms with E-state index in [1.54, 1.807) is 0 Å². The third kappa shape index (κ3) is 5.76. The molecule has 0 atom stereocenters. The first-order chi connectivity index (χ1) is 31.2. The van der Waals surface area contributed by atoms with Gasteiger partial charge in [0.15, 0.2) is 17.5 Å². The minimum Gasteiger partial charge on any atom is -0.456 e. The van der Waals surface area contributed by atoms with Gasteiger partial charge >= 0.3 is 0 Å². The first kappa shape index (κ1) is 35.2. The summed E-state index contributed by atoms with van der Waals surface area (Å²) in [6, 6.07) is 71.7. The highest BCUT2D eigenvalue weighted by Crippen LogP contribution is 2.41. The second kappa shape index (κ2) is 14.0. The lowest BCUT2D eigenvalue weighted by Crippen LogP contribution is -2.00. The standard InChI is InChI=1S/C57H34N4O2/c1-3-13-35(14-4-1)37-17-11-18-41(31-37)61-48-22-9-7-19-42(48)46-32-38(26-29-49(46)61)39-27-30-51-47(33-39)54-45(21-12-24-52(54)62-51)57-59-55(36-15-5-2-6-16-36)58-56(60-57)40-25-28-44-43-20-8-10-23-50(43)63-53(44)34-40/h1-34H. The summed E-state index contributed by atoms with van der Waals surface area (Å²) in [5, 5.41) is 6.47. The van der Waals surface area contributed by atoms with Crippen molar-refractivity contribution in [2.24, 2.45) is 0 Å². The molecule has 0 N–H and O–H groups in total. The van der Waals surface area contributed by atoms with Crippen molar-refractivity contribution in [1.82, 2.24) is 19.5 Å². The summed E-state index contributed by atoms with van der Waals surface area (Å²) in [4.78, 5) is 15.4. The molecule has 0 aliphatic rings. The molecule has 4 aromatic heterocycles. The van der Waals surface area contributed by atoms with Crippen LogP contribution in [0.2, 0.25) is 0 Å². The van der Waals surface area contributed by atoms with Gasteiger partial charge in [-0.15, -0.1) is 0 Å². The zero-order chi connectivity index (χ0) is 41.4. The topological polar surface area (TPSA) is 69.9 Å². The highest BCUT2D eigenvalue weighted by molar-refractivity contribution is 6.14. The molecule has 0 spiro atoms. The van der Waals surface area contributed by atoms with E-state index in [1.165, 1.54) is 27.4 Å². The first-order valence-corrected chi connectivity index (χ1v) is 21.1. The molecule has 294 valence electrons. The summed E-state index contributed by atoms with van der Waals surface area (Å²) in [5.74, 6) is 1.71. The molecule has 0 saturated heterocycles. The third-order valence-corrected chi connectivity index (χ3v) is 12.3. The Morgan fingerprint density at radius 1 is 0.302 bits per heavy atom. The van der Waals surface area contributed by atoms with Crippen molar-refractivity contribution in [3.8, 4) is 62.1 Å². The van der Waals surface area contributed by atoms with Crippen molar-refractivity contribution in [3.05, 3.63) is 206 Å². The maximum Gasteiger partial charge on any atom is 0.164 e. The number of fused-ring (bicyclic) bond motifs is 9. The molecule has 6 heteroatoms. The monoisotopic (exact) mass is 806 g/mol. The van der Waals surface area contributed by atoms with Gasteiger partial charge in [-0.2, -0.15) is 0 Å². The van der Waals surface area contributed by atoms with Crippen molar-refractivity contribution in [2.45, 2.75) is 0 Å². The van der Waals surface area contributed by atoms with Crippen molar-refractivity contribution in [3.63, 3.8) is 0 Å². The smallest absolute Gasteiger partial charge is 0.164 e. The number of hydrogen-bond acceptors (Lipinski definition) is 5. The number of rotatable bonds is 6. The Morgan fingerprint density at radius 2 is 0.873 bits per heavy atom. The fraction of sp³-hybridized carbons (Fsp3) is 0. The molecule has 0 aliphatic heterocycles. The van der Waals surface area contributed by atoms with E-state index in [0.29, 0.717) is 17.5 Å². The first-order valence-electron chi connectivity index (χ1n) is 21.1. The van der Waals surface area contributed by atoms with Crippen LogP contribution < -0.4 is 0 Å². The predicted molar refractivity (Wildman–Crippen MR) is 256 cm³/mol. The molecule has 0 saturated carbocycles. The number of benzene rings is 9. The normalized spacial score (nSPS) is 11.8. The Balaban J connectivity index is 0.958. The van der Waals surface area contributed by atoms with Crippen LogP contribution in [0.3, 0.4) is 0 Å². The maximum atomic E-state index is 6.55. The van der Waals surface area contributed by atoms with Gasteiger partial charge in [-0.1, -0.05) is 140 Å². The van der Waals surface area contributed by atoms with Crippen molar-refractivity contribution < 1.29 is 8.83 Å². The Morgan fingerprint density at radius 3 is 1.73 bits per heavy atom. The molecule has 0 aliphatic carbocycles. The van der Waals surface area contributed by atoms with Crippen molar-refractivity contribution >= 4 is 65.7 Å². The fourth-order valence-corrected chi connectivity index (χ4v) is 9.29. The van der Waals surface area contributed by atoms with Crippen LogP contribution in [0, 0.1) is 0 Å². The van der Waals surface area contributed by atoms with Crippen LogP contribution >= 0.6 is 0 Å². The van der Waals surface area contributed by atoms with Gasteiger partial charge < -0.3 is 13.4 Å². The molecule has 13 rings (SSSR count). The summed E-state index contributed by atoms with van der Waals surface area (Å²) < 4.78 is 15.2. The quantitative estimate of drug-likeness (QED) is 0.167. The van der Waals surface area contributed by atoms with E-state index >= 15 is 0 Å². The largest absolute Gasteiger partial charge is 0.456 e. The lowest BCUT2D eigenvalue weighted by atomic mass is 9.99. The van der Waals surface area contributed by atoms with Crippen LogP contribution in [-0.2, 0) is 0 Å². The zero-order valence-corrected chi connectivity index (χ0v) is 33.7. The second-order valence-corrected chi connectivity index (χ2v) is 16.0. The predicted octanol–water partition coefficient (Wildman–Crippen LogP) is 15.1. The Hall–Kier alpha value is -8.61. The minimum atomic E-state index is 0.561. The lowest BCUT2D eigenvalue weighted by molar-refractivity contribution is 0.668. The summed E-state index contributed by atoms with van der Waals surface area (Å²) in [5.41, 5.74) is 13.8. The molecule has 6 nitrogen and oxygen atoms in total. The third-order valence-electron chi connectivity index (χ3n) is 12.3. The van der Waals surface area contributed by atoms with E-state index in [4.69, 9.17) is 23.8 Å². The van der Waals surface area contributed by atoms with Gasteiger partial charge in [0.25, 0.3) is 0 Å². The van der Waals surface area contributed by atoms with Crippen LogP contribution in [0.15, 0.2) is 215 Å². The van der Waals surface area contributed by atoms with Crippen LogP contribution in [0.25, 0.3) is 128 Å². The average molecular weight is 807 g/mol. The minimum absolute atomic E-state index is 0.561. The van der Waals surface area contributed by atoms with Gasteiger partial charge in [-0.25, -0.2) is 15.0 Å².